The number of hydrogen-bond acceptors (Lipinski definition) is 5. The van der Waals surface area contributed by atoms with E-state index in [0.717, 1.165) is 12.1 Å². The Bertz CT molecular complexity index is 681. The third kappa shape index (κ3) is 2.43. The van der Waals surface area contributed by atoms with Crippen LogP contribution in [0, 0.1) is 12.7 Å². The van der Waals surface area contributed by atoms with Crippen molar-refractivity contribution in [3.8, 4) is 0 Å². The maximum absolute atomic E-state index is 13.4. The van der Waals surface area contributed by atoms with Gasteiger partial charge in [-0.2, -0.15) is 4.98 Å². The molecule has 1 aromatic carbocycles. The third-order valence-corrected chi connectivity index (χ3v) is 3.42. The van der Waals surface area contributed by atoms with Gasteiger partial charge in [0.15, 0.2) is 0 Å². The Morgan fingerprint density at radius 3 is 2.78 bits per heavy atom. The zero-order valence-corrected chi connectivity index (χ0v) is 10.2. The van der Waals surface area contributed by atoms with Crippen LogP contribution in [0.4, 0.5) is 16.1 Å². The molecule has 2 rings (SSSR count). The molecule has 96 valence electrons. The maximum atomic E-state index is 13.4. The van der Waals surface area contributed by atoms with Crippen LogP contribution in [0.15, 0.2) is 33.8 Å². The summed E-state index contributed by atoms with van der Waals surface area (Å²) in [5.41, 5.74) is 6.06. The van der Waals surface area contributed by atoms with E-state index in [1.165, 1.54) is 12.3 Å². The van der Waals surface area contributed by atoms with Crippen molar-refractivity contribution in [3.63, 3.8) is 0 Å². The average Bonchev–Trinajstić information content (AvgIpc) is 2.66. The minimum absolute atomic E-state index is 0.139. The zero-order chi connectivity index (χ0) is 13.3. The van der Waals surface area contributed by atoms with Crippen molar-refractivity contribution >= 4 is 21.7 Å². The number of oxazole rings is 1. The van der Waals surface area contributed by atoms with Crippen molar-refractivity contribution < 1.29 is 17.2 Å². The Morgan fingerprint density at radius 1 is 1.44 bits per heavy atom. The number of nitrogens with two attached hydrogens (primary N) is 1. The SMILES string of the molecule is Cc1coc(NS(=O)(=O)c2cc(N)ccc2F)n1. The van der Waals surface area contributed by atoms with E-state index in [4.69, 9.17) is 10.2 Å². The summed E-state index contributed by atoms with van der Waals surface area (Å²) in [6, 6.07) is 3.04. The Morgan fingerprint density at radius 2 is 2.17 bits per heavy atom. The molecule has 0 bridgehead atoms. The molecule has 6 nitrogen and oxygen atoms in total. The maximum Gasteiger partial charge on any atom is 0.309 e. The first-order chi connectivity index (χ1) is 8.38. The first-order valence-corrected chi connectivity index (χ1v) is 6.37. The van der Waals surface area contributed by atoms with E-state index in [1.54, 1.807) is 6.92 Å². The largest absolute Gasteiger partial charge is 0.431 e. The van der Waals surface area contributed by atoms with Gasteiger partial charge >= 0.3 is 6.01 Å². The quantitative estimate of drug-likeness (QED) is 0.824. The van der Waals surface area contributed by atoms with Crippen LogP contribution in [0.2, 0.25) is 0 Å². The van der Waals surface area contributed by atoms with Crippen molar-refractivity contribution in [1.29, 1.82) is 0 Å². The molecule has 0 aliphatic carbocycles. The highest BCUT2D eigenvalue weighted by atomic mass is 32.2. The summed E-state index contributed by atoms with van der Waals surface area (Å²) in [4.78, 5) is 3.21. The Labute approximate surface area is 103 Å². The standard InChI is InChI=1S/C10H10FN3O3S/c1-6-5-17-10(13-6)14-18(15,16)9-4-7(12)2-3-8(9)11/h2-5H,12H2,1H3,(H,13,14). The Hall–Kier alpha value is -2.09. The van der Waals surface area contributed by atoms with Crippen LogP contribution >= 0.6 is 0 Å². The molecule has 3 N–H and O–H groups in total. The van der Waals surface area contributed by atoms with E-state index in [-0.39, 0.29) is 11.7 Å². The van der Waals surface area contributed by atoms with Gasteiger partial charge in [0, 0.05) is 5.69 Å². The van der Waals surface area contributed by atoms with E-state index in [2.05, 4.69) is 4.98 Å². The molecule has 1 heterocycles. The lowest BCUT2D eigenvalue weighted by atomic mass is 10.3. The molecule has 0 amide bonds. The van der Waals surface area contributed by atoms with Gasteiger partial charge in [-0.15, -0.1) is 0 Å². The van der Waals surface area contributed by atoms with Crippen LogP contribution in [0.1, 0.15) is 5.69 Å². The second-order valence-corrected chi connectivity index (χ2v) is 5.24. The van der Waals surface area contributed by atoms with Gasteiger partial charge in [-0.25, -0.2) is 17.5 Å². The highest BCUT2D eigenvalue weighted by Gasteiger charge is 2.21. The molecule has 0 atom stereocenters. The van der Waals surface area contributed by atoms with Crippen molar-refractivity contribution in [1.82, 2.24) is 4.98 Å². The molecule has 0 fully saturated rings. The van der Waals surface area contributed by atoms with Gasteiger partial charge in [0.2, 0.25) is 0 Å². The highest BCUT2D eigenvalue weighted by Crippen LogP contribution is 2.20. The van der Waals surface area contributed by atoms with Crippen molar-refractivity contribution in [2.24, 2.45) is 0 Å². The van der Waals surface area contributed by atoms with Gasteiger partial charge in [-0.05, 0) is 25.1 Å². The van der Waals surface area contributed by atoms with E-state index in [1.807, 2.05) is 4.72 Å². The second-order valence-electron chi connectivity index (χ2n) is 3.59. The lowest BCUT2D eigenvalue weighted by molar-refractivity contribution is 0.559. The van der Waals surface area contributed by atoms with Gasteiger partial charge in [0.25, 0.3) is 10.0 Å². The number of nitrogens with one attached hydrogen (secondary N) is 1. The predicted octanol–water partition coefficient (Wildman–Crippen LogP) is 1.51. The number of aryl methyl sites for hydroxylation is 1. The topological polar surface area (TPSA) is 98.2 Å². The van der Waals surface area contributed by atoms with Gasteiger partial charge < -0.3 is 10.2 Å². The lowest BCUT2D eigenvalue weighted by Gasteiger charge is -2.06. The third-order valence-electron chi connectivity index (χ3n) is 2.09. The summed E-state index contributed by atoms with van der Waals surface area (Å²) in [6.07, 6.45) is 1.27. The summed E-state index contributed by atoms with van der Waals surface area (Å²) >= 11 is 0. The Balaban J connectivity index is 2.39. The lowest BCUT2D eigenvalue weighted by Crippen LogP contribution is -2.15. The number of nitrogen functional groups attached to an aromatic ring is 1. The molecule has 1 aromatic heterocycles. The van der Waals surface area contributed by atoms with Crippen LogP contribution < -0.4 is 10.5 Å². The fourth-order valence-electron chi connectivity index (χ4n) is 1.30. The molecule has 0 unspecified atom stereocenters. The molecule has 0 spiro atoms. The summed E-state index contributed by atoms with van der Waals surface area (Å²) < 4.78 is 44.1. The summed E-state index contributed by atoms with van der Waals surface area (Å²) in [5.74, 6) is -0.903. The smallest absolute Gasteiger partial charge is 0.309 e. The second kappa shape index (κ2) is 4.30. The molecule has 2 aromatic rings. The molecular weight excluding hydrogens is 261 g/mol. The van der Waals surface area contributed by atoms with Crippen LogP contribution in [0.5, 0.6) is 0 Å². The van der Waals surface area contributed by atoms with Crippen LogP contribution in [-0.2, 0) is 10.0 Å². The Kier molecular flexibility index (Phi) is 2.95. The summed E-state index contributed by atoms with van der Waals surface area (Å²) in [5, 5.41) is 0. The summed E-state index contributed by atoms with van der Waals surface area (Å²) in [6.45, 7) is 1.63. The summed E-state index contributed by atoms with van der Waals surface area (Å²) in [7, 11) is -4.11. The van der Waals surface area contributed by atoms with E-state index < -0.39 is 20.7 Å². The van der Waals surface area contributed by atoms with Gasteiger partial charge in [-0.1, -0.05) is 0 Å². The van der Waals surface area contributed by atoms with E-state index in [9.17, 15) is 12.8 Å². The molecule has 0 radical (unpaired) electrons. The molecule has 0 aliphatic rings. The highest BCUT2D eigenvalue weighted by molar-refractivity contribution is 7.92. The van der Waals surface area contributed by atoms with Gasteiger partial charge in [-0.3, -0.25) is 0 Å². The predicted molar refractivity (Wildman–Crippen MR) is 62.9 cm³/mol. The number of sulfonamides is 1. The zero-order valence-electron chi connectivity index (χ0n) is 9.34. The van der Waals surface area contributed by atoms with Crippen LogP contribution in [0.3, 0.4) is 0 Å². The van der Waals surface area contributed by atoms with Crippen LogP contribution in [-0.4, -0.2) is 13.4 Å². The molecule has 18 heavy (non-hydrogen) atoms. The number of rotatable bonds is 3. The van der Waals surface area contributed by atoms with E-state index in [0.29, 0.717) is 5.69 Å². The van der Waals surface area contributed by atoms with E-state index >= 15 is 0 Å². The first-order valence-electron chi connectivity index (χ1n) is 4.88. The monoisotopic (exact) mass is 271 g/mol. The number of anilines is 2. The molecular formula is C10H10FN3O3S. The molecule has 0 saturated heterocycles. The minimum Gasteiger partial charge on any atom is -0.431 e. The fourth-order valence-corrected chi connectivity index (χ4v) is 2.35. The van der Waals surface area contributed by atoms with Crippen LogP contribution in [0.25, 0.3) is 0 Å². The van der Waals surface area contributed by atoms with Crippen molar-refractivity contribution in [3.05, 3.63) is 36.0 Å². The van der Waals surface area contributed by atoms with Crippen molar-refractivity contribution in [2.45, 2.75) is 11.8 Å². The number of benzene rings is 1. The minimum atomic E-state index is -4.11. The number of nitrogens with zero attached hydrogens (tertiary/aromatic N) is 1. The average molecular weight is 271 g/mol. The van der Waals surface area contributed by atoms with Gasteiger partial charge in [0.1, 0.15) is 17.0 Å². The van der Waals surface area contributed by atoms with Crippen molar-refractivity contribution in [2.75, 3.05) is 10.5 Å². The number of aromatic nitrogens is 1. The normalized spacial score (nSPS) is 11.4. The molecule has 0 saturated carbocycles. The first kappa shape index (κ1) is 12.4. The number of hydrogen-bond donors (Lipinski definition) is 2. The molecule has 8 heteroatoms. The number of halogens is 1. The fraction of sp³-hybridized carbons (Fsp3) is 0.100. The molecule has 0 aliphatic heterocycles. The van der Waals surface area contributed by atoms with Gasteiger partial charge in [0.05, 0.1) is 5.69 Å².